The van der Waals surface area contributed by atoms with Crippen molar-refractivity contribution < 1.29 is 14.4 Å². The van der Waals surface area contributed by atoms with E-state index in [9.17, 15) is 4.79 Å². The van der Waals surface area contributed by atoms with Gasteiger partial charge in [-0.2, -0.15) is 0 Å². The molecule has 0 saturated carbocycles. The predicted molar refractivity (Wildman–Crippen MR) is 122 cm³/mol. The summed E-state index contributed by atoms with van der Waals surface area (Å²) in [6.45, 7) is 0.298. The van der Waals surface area contributed by atoms with E-state index in [0.717, 1.165) is 21.2 Å². The Labute approximate surface area is 191 Å². The number of nitrogens with zero attached hydrogens (tertiary/aromatic N) is 1. The van der Waals surface area contributed by atoms with Gasteiger partial charge in [0.15, 0.2) is 0 Å². The van der Waals surface area contributed by atoms with Gasteiger partial charge in [-0.15, -0.1) is 0 Å². The Hall–Kier alpha value is -2.60. The minimum Gasteiger partial charge on any atom is -0.488 e. The van der Waals surface area contributed by atoms with E-state index in [1.54, 1.807) is 18.2 Å². The summed E-state index contributed by atoms with van der Waals surface area (Å²) in [5.74, 6) is 0.164. The van der Waals surface area contributed by atoms with Crippen LogP contribution in [0.5, 0.6) is 5.75 Å². The molecule has 1 aliphatic rings. The molecule has 3 aromatic carbocycles. The summed E-state index contributed by atoms with van der Waals surface area (Å²) in [5, 5.41) is 5.05. The molecule has 4 rings (SSSR count). The SMILES string of the molecule is O=C1ON=C(c2ccccc2)/C1=C/c1ccc(OCc2ccc(Cl)cc2Cl)c(Br)c1. The van der Waals surface area contributed by atoms with E-state index in [-0.39, 0.29) is 0 Å². The third-order valence-corrected chi connectivity index (χ3v) is 5.61. The predicted octanol–water partition coefficient (Wildman–Crippen LogP) is 6.68. The fourth-order valence-electron chi connectivity index (χ4n) is 2.90. The molecule has 4 nitrogen and oxygen atoms in total. The minimum atomic E-state index is -0.484. The number of ether oxygens (including phenoxy) is 1. The summed E-state index contributed by atoms with van der Waals surface area (Å²) in [5.41, 5.74) is 3.35. The summed E-state index contributed by atoms with van der Waals surface area (Å²) in [6.07, 6.45) is 1.74. The molecule has 3 aromatic rings. The maximum absolute atomic E-state index is 12.2. The number of carbonyl (C=O) groups is 1. The Morgan fingerprint density at radius 2 is 1.83 bits per heavy atom. The van der Waals surface area contributed by atoms with Crippen LogP contribution in [0.1, 0.15) is 16.7 Å². The lowest BCUT2D eigenvalue weighted by atomic mass is 10.0. The van der Waals surface area contributed by atoms with Gasteiger partial charge in [0.25, 0.3) is 0 Å². The Kier molecular flexibility index (Phi) is 6.23. The zero-order chi connectivity index (χ0) is 21.1. The largest absolute Gasteiger partial charge is 0.488 e. The van der Waals surface area contributed by atoms with Crippen LogP contribution in [-0.2, 0) is 16.2 Å². The first-order chi connectivity index (χ1) is 14.5. The molecule has 150 valence electrons. The summed E-state index contributed by atoms with van der Waals surface area (Å²) in [7, 11) is 0. The molecule has 1 heterocycles. The zero-order valence-corrected chi connectivity index (χ0v) is 18.5. The van der Waals surface area contributed by atoms with E-state index >= 15 is 0 Å². The summed E-state index contributed by atoms with van der Waals surface area (Å²) in [6, 6.07) is 20.2. The van der Waals surface area contributed by atoms with Crippen molar-refractivity contribution in [2.24, 2.45) is 5.16 Å². The molecule has 0 bridgehead atoms. The quantitative estimate of drug-likeness (QED) is 0.289. The lowest BCUT2D eigenvalue weighted by Gasteiger charge is -2.10. The van der Waals surface area contributed by atoms with Gasteiger partial charge in [-0.1, -0.05) is 70.8 Å². The smallest absolute Gasteiger partial charge is 0.368 e. The average molecular weight is 503 g/mol. The Bertz CT molecular complexity index is 1180. The summed E-state index contributed by atoms with van der Waals surface area (Å²) in [4.78, 5) is 17.1. The van der Waals surface area contributed by atoms with Gasteiger partial charge >= 0.3 is 5.97 Å². The first-order valence-corrected chi connectivity index (χ1v) is 10.5. The molecule has 0 N–H and O–H groups in total. The van der Waals surface area contributed by atoms with E-state index < -0.39 is 5.97 Å². The second kappa shape index (κ2) is 9.04. The number of carbonyl (C=O) groups excluding carboxylic acids is 1. The van der Waals surface area contributed by atoms with Crippen LogP contribution in [0.2, 0.25) is 10.0 Å². The molecule has 0 atom stereocenters. The molecule has 0 unspecified atom stereocenters. The highest BCUT2D eigenvalue weighted by Crippen LogP contribution is 2.30. The lowest BCUT2D eigenvalue weighted by molar-refractivity contribution is -0.136. The zero-order valence-electron chi connectivity index (χ0n) is 15.4. The fraction of sp³-hybridized carbons (Fsp3) is 0.0435. The normalized spacial score (nSPS) is 14.6. The van der Waals surface area contributed by atoms with E-state index in [0.29, 0.717) is 33.7 Å². The highest BCUT2D eigenvalue weighted by atomic mass is 79.9. The number of hydrogen-bond donors (Lipinski definition) is 0. The van der Waals surface area contributed by atoms with Crippen LogP contribution in [0, 0.1) is 0 Å². The van der Waals surface area contributed by atoms with Crippen LogP contribution < -0.4 is 4.74 Å². The van der Waals surface area contributed by atoms with Gasteiger partial charge in [0.05, 0.1) is 10.0 Å². The molecular formula is C23H14BrCl2NO3. The van der Waals surface area contributed by atoms with Crippen LogP contribution in [0.25, 0.3) is 6.08 Å². The third kappa shape index (κ3) is 4.59. The number of halogens is 3. The molecule has 0 spiro atoms. The topological polar surface area (TPSA) is 47.9 Å². The Morgan fingerprint density at radius 3 is 2.57 bits per heavy atom. The molecular weight excluding hydrogens is 489 g/mol. The molecule has 30 heavy (non-hydrogen) atoms. The van der Waals surface area contributed by atoms with Crippen molar-refractivity contribution in [2.75, 3.05) is 0 Å². The van der Waals surface area contributed by atoms with Crippen LogP contribution in [-0.4, -0.2) is 11.7 Å². The van der Waals surface area contributed by atoms with Gasteiger partial charge in [-0.05, 0) is 51.8 Å². The van der Waals surface area contributed by atoms with Crippen LogP contribution in [0.3, 0.4) is 0 Å². The number of benzene rings is 3. The van der Waals surface area contributed by atoms with Crippen molar-refractivity contribution in [3.63, 3.8) is 0 Å². The standard InChI is InChI=1S/C23H14BrCl2NO3/c24-19-11-14(6-9-21(19)29-13-16-7-8-17(25)12-20(16)26)10-18-22(27-30-23(18)28)15-4-2-1-3-5-15/h1-12H,13H2/b18-10-. The van der Waals surface area contributed by atoms with Gasteiger partial charge in [0, 0.05) is 21.2 Å². The van der Waals surface area contributed by atoms with Crippen molar-refractivity contribution in [1.82, 2.24) is 0 Å². The molecule has 7 heteroatoms. The maximum Gasteiger partial charge on any atom is 0.368 e. The van der Waals surface area contributed by atoms with E-state index in [2.05, 4.69) is 21.1 Å². The fourth-order valence-corrected chi connectivity index (χ4v) is 3.87. The van der Waals surface area contributed by atoms with Crippen molar-refractivity contribution in [3.05, 3.63) is 104 Å². The highest BCUT2D eigenvalue weighted by Gasteiger charge is 2.26. The Morgan fingerprint density at radius 1 is 1.03 bits per heavy atom. The van der Waals surface area contributed by atoms with Crippen molar-refractivity contribution >= 4 is 56.9 Å². The average Bonchev–Trinajstić information content (AvgIpc) is 3.09. The molecule has 1 aliphatic heterocycles. The molecule has 0 radical (unpaired) electrons. The van der Waals surface area contributed by atoms with E-state index in [4.69, 9.17) is 32.8 Å². The van der Waals surface area contributed by atoms with Crippen LogP contribution in [0.4, 0.5) is 0 Å². The van der Waals surface area contributed by atoms with Crippen LogP contribution >= 0.6 is 39.1 Å². The molecule has 0 saturated heterocycles. The summed E-state index contributed by atoms with van der Waals surface area (Å²) < 4.78 is 6.61. The van der Waals surface area contributed by atoms with Crippen LogP contribution in [0.15, 0.2) is 81.9 Å². The van der Waals surface area contributed by atoms with Crippen molar-refractivity contribution in [2.45, 2.75) is 6.61 Å². The number of rotatable bonds is 5. The molecule has 0 aliphatic carbocycles. The molecule has 0 amide bonds. The molecule has 0 aromatic heterocycles. The van der Waals surface area contributed by atoms with E-state index in [1.807, 2.05) is 54.6 Å². The lowest BCUT2D eigenvalue weighted by Crippen LogP contribution is -2.06. The monoisotopic (exact) mass is 501 g/mol. The van der Waals surface area contributed by atoms with Gasteiger partial charge in [-0.25, -0.2) is 4.79 Å². The number of hydrogen-bond acceptors (Lipinski definition) is 4. The highest BCUT2D eigenvalue weighted by molar-refractivity contribution is 9.10. The molecule has 0 fully saturated rings. The van der Waals surface area contributed by atoms with Crippen molar-refractivity contribution in [1.29, 1.82) is 0 Å². The number of oxime groups is 1. The van der Waals surface area contributed by atoms with Gasteiger partial charge in [0.1, 0.15) is 18.1 Å². The second-order valence-corrected chi connectivity index (χ2v) is 8.15. The minimum absolute atomic E-state index is 0.298. The summed E-state index contributed by atoms with van der Waals surface area (Å²) >= 11 is 15.6. The van der Waals surface area contributed by atoms with Crippen molar-refractivity contribution in [3.8, 4) is 5.75 Å². The van der Waals surface area contributed by atoms with E-state index in [1.165, 1.54) is 0 Å². The first-order valence-electron chi connectivity index (χ1n) is 8.94. The first kappa shape index (κ1) is 20.7. The van der Waals surface area contributed by atoms with Gasteiger partial charge in [-0.3, -0.25) is 0 Å². The Balaban J connectivity index is 1.54. The third-order valence-electron chi connectivity index (χ3n) is 4.41. The maximum atomic E-state index is 12.2. The second-order valence-electron chi connectivity index (χ2n) is 6.46. The van der Waals surface area contributed by atoms with Gasteiger partial charge < -0.3 is 9.57 Å². The van der Waals surface area contributed by atoms with Gasteiger partial charge in [0.2, 0.25) is 0 Å².